The zero-order valence-corrected chi connectivity index (χ0v) is 15.9. The van der Waals surface area contributed by atoms with Gasteiger partial charge >= 0.3 is 11.9 Å². The fourth-order valence-electron chi connectivity index (χ4n) is 2.19. The third kappa shape index (κ3) is 5.75. The Bertz CT molecular complexity index is 800. The molecule has 0 unspecified atom stereocenters. The van der Waals surface area contributed by atoms with Gasteiger partial charge in [-0.2, -0.15) is 0 Å². The molecule has 2 rings (SSSR count). The summed E-state index contributed by atoms with van der Waals surface area (Å²) in [4.78, 5) is 36.8. The zero-order valence-electron chi connectivity index (χ0n) is 15.1. The predicted molar refractivity (Wildman–Crippen MR) is 101 cm³/mol. The Kier molecular flexibility index (Phi) is 7.25. The van der Waals surface area contributed by atoms with Crippen LogP contribution in [0, 0.1) is 0 Å². The number of benzene rings is 2. The van der Waals surface area contributed by atoms with Gasteiger partial charge in [-0.1, -0.05) is 0 Å². The normalized spacial score (nSPS) is 10.0. The summed E-state index contributed by atoms with van der Waals surface area (Å²) in [5.41, 5.74) is 0.484. The number of carbonyl (C=O) groups excluding carboxylic acids is 3. The largest absolute Gasteiger partial charge is 0.484 e. The molecule has 0 saturated heterocycles. The topological polar surface area (TPSA) is 90.9 Å². The Morgan fingerprint density at radius 2 is 1.48 bits per heavy atom. The molecule has 0 bridgehead atoms. The van der Waals surface area contributed by atoms with Crippen LogP contribution >= 0.6 is 11.8 Å². The second kappa shape index (κ2) is 9.63. The Labute approximate surface area is 161 Å². The lowest BCUT2D eigenvalue weighted by atomic mass is 10.1. The van der Waals surface area contributed by atoms with Crippen LogP contribution in [0.1, 0.15) is 20.7 Å². The van der Waals surface area contributed by atoms with Gasteiger partial charge < -0.3 is 19.5 Å². The van der Waals surface area contributed by atoms with E-state index >= 15 is 0 Å². The summed E-state index contributed by atoms with van der Waals surface area (Å²) < 4.78 is 14.7. The van der Waals surface area contributed by atoms with E-state index in [1.165, 1.54) is 32.4 Å². The average molecular weight is 389 g/mol. The molecule has 0 aromatic heterocycles. The van der Waals surface area contributed by atoms with Crippen molar-refractivity contribution in [2.75, 3.05) is 32.4 Å². The molecule has 1 amide bonds. The van der Waals surface area contributed by atoms with Crippen molar-refractivity contribution in [1.29, 1.82) is 0 Å². The molecular weight excluding hydrogens is 370 g/mol. The van der Waals surface area contributed by atoms with Gasteiger partial charge in [0.05, 0.1) is 25.3 Å². The lowest BCUT2D eigenvalue weighted by molar-refractivity contribution is -0.118. The third-order valence-corrected chi connectivity index (χ3v) is 4.23. The van der Waals surface area contributed by atoms with Gasteiger partial charge in [-0.25, -0.2) is 9.59 Å². The van der Waals surface area contributed by atoms with Crippen LogP contribution in [0.4, 0.5) is 5.69 Å². The molecule has 0 heterocycles. The molecule has 0 fully saturated rings. The van der Waals surface area contributed by atoms with Crippen LogP contribution in [0.25, 0.3) is 0 Å². The minimum absolute atomic E-state index is 0.115. The number of nitrogens with one attached hydrogen (secondary N) is 1. The van der Waals surface area contributed by atoms with Crippen LogP contribution in [-0.4, -0.2) is 44.9 Å². The maximum absolute atomic E-state index is 12.1. The average Bonchev–Trinajstić information content (AvgIpc) is 2.71. The molecule has 0 aliphatic heterocycles. The Hall–Kier alpha value is -3.00. The number of rotatable bonds is 7. The fraction of sp³-hybridized carbons (Fsp3) is 0.211. The number of thioether (sulfide) groups is 1. The quantitative estimate of drug-likeness (QED) is 0.575. The molecule has 7 nitrogen and oxygen atoms in total. The number of carbonyl (C=O) groups is 3. The first kappa shape index (κ1) is 20.3. The summed E-state index contributed by atoms with van der Waals surface area (Å²) in [5.74, 6) is -1.16. The van der Waals surface area contributed by atoms with Crippen molar-refractivity contribution in [1.82, 2.24) is 0 Å². The van der Waals surface area contributed by atoms with E-state index in [-0.39, 0.29) is 23.4 Å². The van der Waals surface area contributed by atoms with Gasteiger partial charge in [0.25, 0.3) is 5.91 Å². The van der Waals surface area contributed by atoms with Crippen LogP contribution < -0.4 is 10.1 Å². The van der Waals surface area contributed by atoms with Gasteiger partial charge in [0.15, 0.2) is 6.61 Å². The van der Waals surface area contributed by atoms with E-state index in [9.17, 15) is 14.4 Å². The first-order valence-electron chi connectivity index (χ1n) is 7.85. The van der Waals surface area contributed by atoms with E-state index in [4.69, 9.17) is 4.74 Å². The summed E-state index contributed by atoms with van der Waals surface area (Å²) in [6.07, 6.45) is 1.97. The third-order valence-electron chi connectivity index (χ3n) is 3.49. The monoisotopic (exact) mass is 389 g/mol. The highest BCUT2D eigenvalue weighted by atomic mass is 32.2. The van der Waals surface area contributed by atoms with Gasteiger partial charge in [-0.3, -0.25) is 4.79 Å². The molecule has 0 radical (unpaired) electrons. The minimum Gasteiger partial charge on any atom is -0.484 e. The molecular formula is C19H19NO6S. The second-order valence-corrected chi connectivity index (χ2v) is 6.17. The molecule has 0 aliphatic rings. The van der Waals surface area contributed by atoms with Crippen molar-refractivity contribution in [2.45, 2.75) is 4.90 Å². The molecule has 2 aromatic rings. The molecule has 0 atom stereocenters. The van der Waals surface area contributed by atoms with Crippen LogP contribution in [0.3, 0.4) is 0 Å². The van der Waals surface area contributed by atoms with Crippen molar-refractivity contribution in [3.8, 4) is 5.75 Å². The predicted octanol–water partition coefficient (Wildman–Crippen LogP) is 3.00. The molecule has 2 aromatic carbocycles. The first-order valence-corrected chi connectivity index (χ1v) is 9.07. The van der Waals surface area contributed by atoms with Crippen molar-refractivity contribution in [3.63, 3.8) is 0 Å². The number of hydrogen-bond donors (Lipinski definition) is 1. The number of methoxy groups -OCH3 is 2. The standard InChI is InChI=1S/C19H19NO6S/c1-24-18(22)12-8-13(19(23)25-2)10-14(9-12)20-17(21)11-26-15-4-6-16(27-3)7-5-15/h4-10H,11H2,1-3H3,(H,20,21). The van der Waals surface area contributed by atoms with Crippen LogP contribution in [0.5, 0.6) is 5.75 Å². The molecule has 0 aliphatic carbocycles. The van der Waals surface area contributed by atoms with Gasteiger partial charge in [-0.15, -0.1) is 11.8 Å². The summed E-state index contributed by atoms with van der Waals surface area (Å²) in [7, 11) is 2.45. The van der Waals surface area contributed by atoms with E-state index in [1.807, 2.05) is 18.4 Å². The van der Waals surface area contributed by atoms with Crippen molar-refractivity contribution >= 4 is 35.3 Å². The first-order chi connectivity index (χ1) is 13.0. The second-order valence-electron chi connectivity index (χ2n) is 5.29. The van der Waals surface area contributed by atoms with Crippen LogP contribution in [-0.2, 0) is 14.3 Å². The van der Waals surface area contributed by atoms with Gasteiger partial charge in [0.2, 0.25) is 0 Å². The molecule has 142 valence electrons. The molecule has 0 saturated carbocycles. The van der Waals surface area contributed by atoms with E-state index in [0.29, 0.717) is 5.75 Å². The van der Waals surface area contributed by atoms with E-state index in [1.54, 1.807) is 23.9 Å². The van der Waals surface area contributed by atoms with Gasteiger partial charge in [0.1, 0.15) is 5.75 Å². The Morgan fingerprint density at radius 3 is 1.96 bits per heavy atom. The SMILES string of the molecule is COC(=O)c1cc(NC(=O)COc2ccc(SC)cc2)cc(C(=O)OC)c1. The fourth-order valence-corrected chi connectivity index (χ4v) is 2.60. The number of anilines is 1. The summed E-state index contributed by atoms with van der Waals surface area (Å²) in [6.45, 7) is -0.228. The van der Waals surface area contributed by atoms with E-state index < -0.39 is 17.8 Å². The highest BCUT2D eigenvalue weighted by Crippen LogP contribution is 2.20. The highest BCUT2D eigenvalue weighted by molar-refractivity contribution is 7.98. The highest BCUT2D eigenvalue weighted by Gasteiger charge is 2.15. The summed E-state index contributed by atoms with van der Waals surface area (Å²) in [5, 5.41) is 2.59. The summed E-state index contributed by atoms with van der Waals surface area (Å²) in [6, 6.07) is 11.5. The summed E-state index contributed by atoms with van der Waals surface area (Å²) >= 11 is 1.60. The maximum Gasteiger partial charge on any atom is 0.337 e. The lowest BCUT2D eigenvalue weighted by Crippen LogP contribution is -2.21. The van der Waals surface area contributed by atoms with Crippen molar-refractivity contribution in [3.05, 3.63) is 53.6 Å². The molecule has 1 N–H and O–H groups in total. The van der Waals surface area contributed by atoms with Gasteiger partial charge in [-0.05, 0) is 48.7 Å². The zero-order chi connectivity index (χ0) is 19.8. The van der Waals surface area contributed by atoms with Crippen LogP contribution in [0.2, 0.25) is 0 Å². The van der Waals surface area contributed by atoms with E-state index in [2.05, 4.69) is 14.8 Å². The molecule has 0 spiro atoms. The lowest BCUT2D eigenvalue weighted by Gasteiger charge is -2.10. The molecule has 27 heavy (non-hydrogen) atoms. The van der Waals surface area contributed by atoms with Gasteiger partial charge in [0, 0.05) is 10.6 Å². The van der Waals surface area contributed by atoms with Crippen molar-refractivity contribution < 1.29 is 28.6 Å². The number of amides is 1. The van der Waals surface area contributed by atoms with Crippen molar-refractivity contribution in [2.24, 2.45) is 0 Å². The van der Waals surface area contributed by atoms with Crippen LogP contribution in [0.15, 0.2) is 47.4 Å². The minimum atomic E-state index is -0.638. The van der Waals surface area contributed by atoms with E-state index in [0.717, 1.165) is 4.90 Å². The number of esters is 2. The Balaban J connectivity index is 2.08. The smallest absolute Gasteiger partial charge is 0.337 e. The molecule has 8 heteroatoms. The number of ether oxygens (including phenoxy) is 3. The number of hydrogen-bond acceptors (Lipinski definition) is 7. The Morgan fingerprint density at radius 1 is 0.926 bits per heavy atom. The maximum atomic E-state index is 12.1.